The zero-order chi connectivity index (χ0) is 20.4. The summed E-state index contributed by atoms with van der Waals surface area (Å²) < 4.78 is 15.1. The number of hydrogen-bond donors (Lipinski definition) is 2. The molecule has 0 aliphatic heterocycles. The van der Waals surface area contributed by atoms with Crippen molar-refractivity contribution >= 4 is 35.5 Å². The van der Waals surface area contributed by atoms with E-state index in [1.807, 2.05) is 0 Å². The quantitative estimate of drug-likeness (QED) is 0.483. The first-order chi connectivity index (χ1) is 12.8. The summed E-state index contributed by atoms with van der Waals surface area (Å²) in [4.78, 5) is 35.0. The van der Waals surface area contributed by atoms with Crippen molar-refractivity contribution in [3.8, 4) is 11.5 Å². The molecule has 2 N–H and O–H groups in total. The lowest BCUT2D eigenvalue weighted by Crippen LogP contribution is -2.46. The summed E-state index contributed by atoms with van der Waals surface area (Å²) in [6.07, 6.45) is 2.61. The van der Waals surface area contributed by atoms with Crippen LogP contribution in [0.4, 0.5) is 0 Å². The number of amides is 2. The molecule has 148 valence electrons. The smallest absolute Gasteiger partial charge is 0.331 e. The van der Waals surface area contributed by atoms with Crippen molar-refractivity contribution in [1.29, 1.82) is 0 Å². The molecule has 0 aliphatic carbocycles. The molecule has 0 saturated carbocycles. The third kappa shape index (κ3) is 7.18. The molecule has 2 amide bonds. The number of likely N-dealkylation sites (N-methyl/N-ethyl adjacent to an activating group) is 1. The van der Waals surface area contributed by atoms with E-state index in [4.69, 9.17) is 25.8 Å². The number of nitrogens with one attached hydrogen (secondary N) is 2. The van der Waals surface area contributed by atoms with Gasteiger partial charge in [0.15, 0.2) is 18.1 Å². The molecule has 1 aromatic rings. The van der Waals surface area contributed by atoms with Crippen LogP contribution in [0.15, 0.2) is 18.2 Å². The Hall–Kier alpha value is -2.74. The minimum Gasteiger partial charge on any atom is -0.493 e. The molecule has 0 radical (unpaired) electrons. The molecule has 0 bridgehead atoms. The van der Waals surface area contributed by atoms with E-state index in [2.05, 4.69) is 10.6 Å². The van der Waals surface area contributed by atoms with Crippen LogP contribution in [0.25, 0.3) is 6.08 Å². The molecule has 0 unspecified atom stereocenters. The Morgan fingerprint density at radius 3 is 2.52 bits per heavy atom. The zero-order valence-electron chi connectivity index (χ0n) is 15.6. The molecule has 0 aliphatic rings. The van der Waals surface area contributed by atoms with Gasteiger partial charge in [-0.1, -0.05) is 11.6 Å². The fraction of sp³-hybridized carbons (Fsp3) is 0.389. The average Bonchev–Trinajstić information content (AvgIpc) is 2.64. The normalized spacial score (nSPS) is 11.6. The van der Waals surface area contributed by atoms with Gasteiger partial charge in [-0.15, -0.1) is 0 Å². The average molecular weight is 399 g/mol. The van der Waals surface area contributed by atoms with Crippen LogP contribution in [-0.4, -0.2) is 51.2 Å². The highest BCUT2D eigenvalue weighted by molar-refractivity contribution is 6.32. The van der Waals surface area contributed by atoms with Crippen LogP contribution >= 0.6 is 11.6 Å². The van der Waals surface area contributed by atoms with E-state index in [-0.39, 0.29) is 5.91 Å². The van der Waals surface area contributed by atoms with Crippen molar-refractivity contribution in [2.24, 2.45) is 0 Å². The van der Waals surface area contributed by atoms with Crippen molar-refractivity contribution in [3.05, 3.63) is 28.8 Å². The maximum absolute atomic E-state index is 11.7. The van der Waals surface area contributed by atoms with E-state index in [9.17, 15) is 14.4 Å². The number of hydrogen-bond acceptors (Lipinski definition) is 6. The van der Waals surface area contributed by atoms with E-state index < -0.39 is 24.5 Å². The van der Waals surface area contributed by atoms with Gasteiger partial charge in [-0.05, 0) is 37.6 Å². The second-order valence-electron chi connectivity index (χ2n) is 5.36. The first-order valence-electron chi connectivity index (χ1n) is 8.15. The molecule has 1 aromatic carbocycles. The van der Waals surface area contributed by atoms with Crippen LogP contribution < -0.4 is 20.1 Å². The van der Waals surface area contributed by atoms with Crippen LogP contribution in [-0.2, 0) is 19.1 Å². The second-order valence-corrected chi connectivity index (χ2v) is 5.77. The monoisotopic (exact) mass is 398 g/mol. The molecular formula is C18H23ClN2O6. The summed E-state index contributed by atoms with van der Waals surface area (Å²) in [5.41, 5.74) is 0.587. The standard InChI is InChI=1S/C18H23ClN2O6/c1-5-20-18(24)11(2)21-15(22)10-27-16(23)7-6-12-8-13(19)17(26-4)14(9-12)25-3/h6-9,11H,5,10H2,1-4H3,(H,20,24)(H,21,22)/b7-6+/t11-/m1/s1. The summed E-state index contributed by atoms with van der Waals surface area (Å²) in [5, 5.41) is 5.32. The summed E-state index contributed by atoms with van der Waals surface area (Å²) in [6.45, 7) is 3.26. The van der Waals surface area contributed by atoms with Crippen LogP contribution in [0.5, 0.6) is 11.5 Å². The zero-order valence-corrected chi connectivity index (χ0v) is 16.4. The molecule has 0 saturated heterocycles. The third-order valence-corrected chi connectivity index (χ3v) is 3.62. The van der Waals surface area contributed by atoms with Crippen molar-refractivity contribution in [1.82, 2.24) is 10.6 Å². The van der Waals surface area contributed by atoms with Crippen molar-refractivity contribution < 1.29 is 28.6 Å². The maximum atomic E-state index is 11.7. The topological polar surface area (TPSA) is 103 Å². The lowest BCUT2D eigenvalue weighted by molar-refractivity contribution is -0.144. The highest BCUT2D eigenvalue weighted by atomic mass is 35.5. The minimum absolute atomic E-state index is 0.317. The summed E-state index contributed by atoms with van der Waals surface area (Å²) >= 11 is 6.09. The summed E-state index contributed by atoms with van der Waals surface area (Å²) in [5.74, 6) is -0.817. The third-order valence-electron chi connectivity index (χ3n) is 3.34. The molecule has 1 atom stereocenters. The molecule has 0 aromatic heterocycles. The highest BCUT2D eigenvalue weighted by Crippen LogP contribution is 2.36. The maximum Gasteiger partial charge on any atom is 0.331 e. The predicted molar refractivity (Wildman–Crippen MR) is 101 cm³/mol. The van der Waals surface area contributed by atoms with Gasteiger partial charge in [0.05, 0.1) is 19.2 Å². The predicted octanol–water partition coefficient (Wildman–Crippen LogP) is 1.55. The van der Waals surface area contributed by atoms with Crippen molar-refractivity contribution in [3.63, 3.8) is 0 Å². The molecule has 0 heterocycles. The van der Waals surface area contributed by atoms with Gasteiger partial charge in [0.2, 0.25) is 5.91 Å². The molecule has 27 heavy (non-hydrogen) atoms. The van der Waals surface area contributed by atoms with E-state index in [0.717, 1.165) is 6.08 Å². The Morgan fingerprint density at radius 1 is 1.22 bits per heavy atom. The molecule has 9 heteroatoms. The van der Waals surface area contributed by atoms with Gasteiger partial charge in [0, 0.05) is 12.6 Å². The molecular weight excluding hydrogens is 376 g/mol. The Kier molecular flexibility index (Phi) is 9.15. The molecule has 1 rings (SSSR count). The summed E-state index contributed by atoms with van der Waals surface area (Å²) in [6, 6.07) is 2.50. The van der Waals surface area contributed by atoms with E-state index in [1.165, 1.54) is 27.2 Å². The lowest BCUT2D eigenvalue weighted by Gasteiger charge is -2.13. The van der Waals surface area contributed by atoms with Gasteiger partial charge in [0.25, 0.3) is 5.91 Å². The van der Waals surface area contributed by atoms with Crippen LogP contribution in [0.3, 0.4) is 0 Å². The van der Waals surface area contributed by atoms with Gasteiger partial charge in [-0.3, -0.25) is 9.59 Å². The number of benzene rings is 1. The number of halogens is 1. The number of carbonyl (C=O) groups is 3. The molecule has 0 fully saturated rings. The summed E-state index contributed by atoms with van der Waals surface area (Å²) in [7, 11) is 2.94. The highest BCUT2D eigenvalue weighted by Gasteiger charge is 2.15. The van der Waals surface area contributed by atoms with Gasteiger partial charge in [0.1, 0.15) is 6.04 Å². The number of rotatable bonds is 9. The van der Waals surface area contributed by atoms with Crippen molar-refractivity contribution in [2.75, 3.05) is 27.4 Å². The van der Waals surface area contributed by atoms with E-state index in [1.54, 1.807) is 19.1 Å². The largest absolute Gasteiger partial charge is 0.493 e. The van der Waals surface area contributed by atoms with Crippen LogP contribution in [0, 0.1) is 0 Å². The van der Waals surface area contributed by atoms with Gasteiger partial charge < -0.3 is 24.8 Å². The van der Waals surface area contributed by atoms with Crippen LogP contribution in [0.2, 0.25) is 5.02 Å². The van der Waals surface area contributed by atoms with Gasteiger partial charge in [-0.2, -0.15) is 0 Å². The fourth-order valence-electron chi connectivity index (χ4n) is 2.06. The van der Waals surface area contributed by atoms with E-state index >= 15 is 0 Å². The Balaban J connectivity index is 2.58. The number of esters is 1. The minimum atomic E-state index is -0.722. The molecule has 8 nitrogen and oxygen atoms in total. The van der Waals surface area contributed by atoms with Gasteiger partial charge >= 0.3 is 5.97 Å². The number of carbonyl (C=O) groups excluding carboxylic acids is 3. The van der Waals surface area contributed by atoms with E-state index in [0.29, 0.717) is 28.6 Å². The SMILES string of the molecule is CCNC(=O)[C@@H](C)NC(=O)COC(=O)/C=C/c1cc(Cl)c(OC)c(OC)c1. The Bertz CT molecular complexity index is 720. The lowest BCUT2D eigenvalue weighted by atomic mass is 10.2. The van der Waals surface area contributed by atoms with Crippen LogP contribution in [0.1, 0.15) is 19.4 Å². The molecule has 0 spiro atoms. The fourth-order valence-corrected chi connectivity index (χ4v) is 2.36. The Morgan fingerprint density at radius 2 is 1.93 bits per heavy atom. The number of ether oxygens (including phenoxy) is 3. The first-order valence-corrected chi connectivity index (χ1v) is 8.53. The number of methoxy groups -OCH3 is 2. The van der Waals surface area contributed by atoms with Gasteiger partial charge in [-0.25, -0.2) is 4.79 Å². The Labute approximate surface area is 162 Å². The second kappa shape index (κ2) is 11.1. The van der Waals surface area contributed by atoms with Crippen molar-refractivity contribution in [2.45, 2.75) is 19.9 Å². The first kappa shape index (κ1) is 22.3.